The molecule has 0 atom stereocenters. The van der Waals surface area contributed by atoms with Crippen LogP contribution in [0.2, 0.25) is 0 Å². The monoisotopic (exact) mass is 140 g/mol. The lowest BCUT2D eigenvalue weighted by Gasteiger charge is -1.91. The van der Waals surface area contributed by atoms with Gasteiger partial charge in [0.25, 0.3) is 0 Å². The second kappa shape index (κ2) is 6.18. The molecule has 0 N–H and O–H groups in total. The molecule has 0 unspecified atom stereocenters. The van der Waals surface area contributed by atoms with Crippen molar-refractivity contribution >= 4 is 29.7 Å². The molecule has 0 fully saturated rings. The molecule has 0 aliphatic heterocycles. The van der Waals surface area contributed by atoms with Crippen LogP contribution in [0.3, 0.4) is 0 Å². The number of rotatable bonds is 1. The van der Waals surface area contributed by atoms with Crippen LogP contribution in [0.4, 0.5) is 0 Å². The van der Waals surface area contributed by atoms with Crippen molar-refractivity contribution in [1.29, 1.82) is 0 Å². The third-order valence-electron chi connectivity index (χ3n) is 0.516. The van der Waals surface area contributed by atoms with Crippen LogP contribution in [0, 0.1) is 0 Å². The van der Waals surface area contributed by atoms with Gasteiger partial charge in [0.2, 0.25) is 0 Å². The van der Waals surface area contributed by atoms with Crippen LogP contribution in [-0.4, -0.2) is 12.2 Å². The van der Waals surface area contributed by atoms with Crippen molar-refractivity contribution in [2.24, 2.45) is 0 Å². The standard InChI is InChI=1S/C4H8OS.ClH/c1-3-4(6)5-2;/h3H2,1-2H3;1H. The largest absolute Gasteiger partial charge is 0.490 e. The molecular formula is C4H9ClOS. The Labute approximate surface area is 55.5 Å². The van der Waals surface area contributed by atoms with Crippen LogP contribution in [0.1, 0.15) is 13.3 Å². The van der Waals surface area contributed by atoms with Gasteiger partial charge in [0, 0.05) is 6.42 Å². The van der Waals surface area contributed by atoms with Crippen LogP contribution in [-0.2, 0) is 4.74 Å². The zero-order chi connectivity index (χ0) is 4.99. The van der Waals surface area contributed by atoms with Crippen molar-refractivity contribution in [3.8, 4) is 0 Å². The number of halogens is 1. The molecule has 44 valence electrons. The summed E-state index contributed by atoms with van der Waals surface area (Å²) in [6.45, 7) is 1.96. The summed E-state index contributed by atoms with van der Waals surface area (Å²) in [5, 5.41) is 0.676. The van der Waals surface area contributed by atoms with Crippen LogP contribution in [0.5, 0.6) is 0 Å². The van der Waals surface area contributed by atoms with Gasteiger partial charge < -0.3 is 4.74 Å². The van der Waals surface area contributed by atoms with Crippen LogP contribution in [0.25, 0.3) is 0 Å². The van der Waals surface area contributed by atoms with E-state index in [2.05, 4.69) is 17.0 Å². The van der Waals surface area contributed by atoms with Crippen LogP contribution >= 0.6 is 24.6 Å². The van der Waals surface area contributed by atoms with Gasteiger partial charge in [-0.3, -0.25) is 0 Å². The Kier molecular flexibility index (Phi) is 9.02. The lowest BCUT2D eigenvalue weighted by molar-refractivity contribution is 0.404. The Morgan fingerprint density at radius 2 is 2.14 bits per heavy atom. The topological polar surface area (TPSA) is 9.23 Å². The normalized spacial score (nSPS) is 6.57. The minimum absolute atomic E-state index is 0. The van der Waals surface area contributed by atoms with E-state index in [0.29, 0.717) is 5.05 Å². The molecule has 1 nitrogen and oxygen atoms in total. The van der Waals surface area contributed by atoms with Crippen LogP contribution < -0.4 is 0 Å². The molecular weight excluding hydrogens is 132 g/mol. The molecule has 0 bridgehead atoms. The summed E-state index contributed by atoms with van der Waals surface area (Å²) < 4.78 is 4.63. The maximum Gasteiger partial charge on any atom is 0.158 e. The predicted octanol–water partition coefficient (Wildman–Crippen LogP) is 1.79. The van der Waals surface area contributed by atoms with Gasteiger partial charge in [-0.15, -0.1) is 12.4 Å². The molecule has 0 heterocycles. The van der Waals surface area contributed by atoms with Gasteiger partial charge in [0.15, 0.2) is 5.05 Å². The fraction of sp³-hybridized carbons (Fsp3) is 0.750. The first-order chi connectivity index (χ1) is 2.81. The summed E-state index contributed by atoms with van der Waals surface area (Å²) in [5.74, 6) is 0. The van der Waals surface area contributed by atoms with E-state index in [0.717, 1.165) is 6.42 Å². The van der Waals surface area contributed by atoms with Gasteiger partial charge in [-0.2, -0.15) is 0 Å². The van der Waals surface area contributed by atoms with E-state index in [1.807, 2.05) is 6.92 Å². The summed E-state index contributed by atoms with van der Waals surface area (Å²) in [6, 6.07) is 0. The van der Waals surface area contributed by atoms with Gasteiger partial charge in [-0.25, -0.2) is 0 Å². The summed E-state index contributed by atoms with van der Waals surface area (Å²) in [4.78, 5) is 0. The molecule has 0 radical (unpaired) electrons. The first-order valence-corrected chi connectivity index (χ1v) is 2.29. The lowest BCUT2D eigenvalue weighted by atomic mass is 10.5. The number of hydrogen-bond donors (Lipinski definition) is 0. The molecule has 0 saturated heterocycles. The second-order valence-corrected chi connectivity index (χ2v) is 1.39. The van der Waals surface area contributed by atoms with Gasteiger partial charge in [0.1, 0.15) is 0 Å². The second-order valence-electron chi connectivity index (χ2n) is 0.930. The van der Waals surface area contributed by atoms with Gasteiger partial charge in [-0.1, -0.05) is 6.92 Å². The highest BCUT2D eigenvalue weighted by Gasteiger charge is 1.81. The zero-order valence-corrected chi connectivity index (χ0v) is 6.06. The maximum absolute atomic E-state index is 4.63. The molecule has 3 heteroatoms. The van der Waals surface area contributed by atoms with E-state index in [9.17, 15) is 0 Å². The molecule has 7 heavy (non-hydrogen) atoms. The first-order valence-electron chi connectivity index (χ1n) is 1.88. The van der Waals surface area contributed by atoms with Gasteiger partial charge in [0.05, 0.1) is 7.11 Å². The quantitative estimate of drug-likeness (QED) is 0.514. The highest BCUT2D eigenvalue weighted by molar-refractivity contribution is 7.80. The molecule has 0 aromatic carbocycles. The van der Waals surface area contributed by atoms with Gasteiger partial charge in [-0.05, 0) is 12.2 Å². The van der Waals surface area contributed by atoms with E-state index in [-0.39, 0.29) is 12.4 Å². The van der Waals surface area contributed by atoms with E-state index in [4.69, 9.17) is 0 Å². The fourth-order valence-corrected chi connectivity index (χ4v) is 0.144. The Hall–Kier alpha value is 0.180. The molecule has 0 rings (SSSR count). The number of thiocarbonyl (C=S) groups is 1. The van der Waals surface area contributed by atoms with Crippen molar-refractivity contribution < 1.29 is 4.74 Å². The average molecular weight is 141 g/mol. The maximum atomic E-state index is 4.63. The smallest absolute Gasteiger partial charge is 0.158 e. The predicted molar refractivity (Wildman–Crippen MR) is 37.1 cm³/mol. The number of ether oxygens (including phenoxy) is 1. The minimum atomic E-state index is 0. The van der Waals surface area contributed by atoms with E-state index in [1.165, 1.54) is 0 Å². The molecule has 0 saturated carbocycles. The highest BCUT2D eigenvalue weighted by Crippen LogP contribution is 1.81. The molecule has 0 amide bonds. The van der Waals surface area contributed by atoms with Crippen molar-refractivity contribution in [1.82, 2.24) is 0 Å². The zero-order valence-electron chi connectivity index (χ0n) is 4.43. The Morgan fingerprint density at radius 3 is 2.14 bits per heavy atom. The van der Waals surface area contributed by atoms with Gasteiger partial charge >= 0.3 is 0 Å². The Bertz CT molecular complexity index is 49.7. The summed E-state index contributed by atoms with van der Waals surface area (Å²) in [7, 11) is 1.59. The molecule has 0 aliphatic carbocycles. The van der Waals surface area contributed by atoms with E-state index < -0.39 is 0 Å². The summed E-state index contributed by atoms with van der Waals surface area (Å²) in [6.07, 6.45) is 0.839. The van der Waals surface area contributed by atoms with Crippen molar-refractivity contribution in [2.75, 3.05) is 7.11 Å². The average Bonchev–Trinajstić information content (AvgIpc) is 1.65. The number of methoxy groups -OCH3 is 1. The third-order valence-corrected chi connectivity index (χ3v) is 0.972. The molecule has 0 aliphatic rings. The Morgan fingerprint density at radius 1 is 1.71 bits per heavy atom. The lowest BCUT2D eigenvalue weighted by Crippen LogP contribution is -1.91. The number of hydrogen-bond acceptors (Lipinski definition) is 2. The van der Waals surface area contributed by atoms with Crippen LogP contribution in [0.15, 0.2) is 0 Å². The Balaban J connectivity index is 0. The molecule has 0 aromatic heterocycles. The SMILES string of the molecule is CCC(=S)OC.Cl. The van der Waals surface area contributed by atoms with Crippen molar-refractivity contribution in [3.05, 3.63) is 0 Å². The minimum Gasteiger partial charge on any atom is -0.490 e. The van der Waals surface area contributed by atoms with Crippen molar-refractivity contribution in [3.63, 3.8) is 0 Å². The highest BCUT2D eigenvalue weighted by atomic mass is 35.5. The van der Waals surface area contributed by atoms with E-state index in [1.54, 1.807) is 7.11 Å². The molecule has 0 spiro atoms. The van der Waals surface area contributed by atoms with E-state index >= 15 is 0 Å². The first kappa shape index (κ1) is 10.2. The molecule has 0 aromatic rings. The summed E-state index contributed by atoms with van der Waals surface area (Å²) in [5.41, 5.74) is 0. The summed E-state index contributed by atoms with van der Waals surface area (Å²) >= 11 is 4.63. The van der Waals surface area contributed by atoms with Crippen molar-refractivity contribution in [2.45, 2.75) is 13.3 Å². The fourth-order valence-electron chi connectivity index (χ4n) is 0.144. The third kappa shape index (κ3) is 6.18.